The summed E-state index contributed by atoms with van der Waals surface area (Å²) in [6.07, 6.45) is 1.19. The summed E-state index contributed by atoms with van der Waals surface area (Å²) in [4.78, 5) is 15.5. The van der Waals surface area contributed by atoms with E-state index in [0.29, 0.717) is 18.9 Å². The second kappa shape index (κ2) is 9.80. The molecule has 0 saturated carbocycles. The van der Waals surface area contributed by atoms with Crippen LogP contribution in [-0.2, 0) is 16.0 Å². The maximum atomic E-state index is 11.4. The number of benzene rings is 1. The number of hydrogen-bond acceptors (Lipinski definition) is 3. The van der Waals surface area contributed by atoms with Crippen LogP contribution in [0.4, 0.5) is 0 Å². The van der Waals surface area contributed by atoms with Gasteiger partial charge in [0.2, 0.25) is 0 Å². The lowest BCUT2D eigenvalue weighted by Crippen LogP contribution is -2.39. The van der Waals surface area contributed by atoms with E-state index in [-0.39, 0.29) is 12.1 Å². The summed E-state index contributed by atoms with van der Waals surface area (Å²) in [7, 11) is 1.71. The minimum atomic E-state index is -0.197. The van der Waals surface area contributed by atoms with Crippen LogP contribution < -0.4 is 10.6 Å². The normalized spacial score (nSPS) is 11.3. The van der Waals surface area contributed by atoms with Crippen molar-refractivity contribution in [2.45, 2.75) is 32.8 Å². The smallest absolute Gasteiger partial charge is 0.307 e. The van der Waals surface area contributed by atoms with Gasteiger partial charge in [-0.15, -0.1) is 0 Å². The zero-order valence-corrected chi connectivity index (χ0v) is 13.1. The third kappa shape index (κ3) is 7.97. The minimum absolute atomic E-state index is 0.0687. The van der Waals surface area contributed by atoms with Gasteiger partial charge in [0.1, 0.15) is 0 Å². The first kappa shape index (κ1) is 17.0. The first-order valence-electron chi connectivity index (χ1n) is 7.29. The second-order valence-electron chi connectivity index (χ2n) is 4.95. The SMILES string of the molecule is CN=C(NCCC(=O)OC(C)C)NCCc1ccccc1. The van der Waals surface area contributed by atoms with Crippen LogP contribution in [0.3, 0.4) is 0 Å². The second-order valence-corrected chi connectivity index (χ2v) is 4.95. The topological polar surface area (TPSA) is 62.7 Å². The number of carbonyl (C=O) groups is 1. The first-order chi connectivity index (χ1) is 10.1. The Balaban J connectivity index is 2.19. The number of carbonyl (C=O) groups excluding carboxylic acids is 1. The Morgan fingerprint density at radius 3 is 2.48 bits per heavy atom. The molecule has 0 radical (unpaired) electrons. The Kier molecular flexibility index (Phi) is 7.94. The average molecular weight is 291 g/mol. The van der Waals surface area contributed by atoms with E-state index in [0.717, 1.165) is 13.0 Å². The van der Waals surface area contributed by atoms with Gasteiger partial charge in [-0.1, -0.05) is 30.3 Å². The fourth-order valence-electron chi connectivity index (χ4n) is 1.80. The lowest BCUT2D eigenvalue weighted by atomic mass is 10.1. The number of rotatable bonds is 7. The fourth-order valence-corrected chi connectivity index (χ4v) is 1.80. The highest BCUT2D eigenvalue weighted by molar-refractivity contribution is 5.80. The van der Waals surface area contributed by atoms with Crippen molar-refractivity contribution in [2.24, 2.45) is 4.99 Å². The molecule has 0 atom stereocenters. The molecule has 0 spiro atoms. The van der Waals surface area contributed by atoms with Gasteiger partial charge in [-0.2, -0.15) is 0 Å². The summed E-state index contributed by atoms with van der Waals surface area (Å²) in [6.45, 7) is 4.99. The highest BCUT2D eigenvalue weighted by Crippen LogP contribution is 1.98. The number of nitrogens with one attached hydrogen (secondary N) is 2. The van der Waals surface area contributed by atoms with Crippen LogP contribution >= 0.6 is 0 Å². The van der Waals surface area contributed by atoms with Crippen molar-refractivity contribution in [1.29, 1.82) is 0 Å². The lowest BCUT2D eigenvalue weighted by Gasteiger charge is -2.12. The quantitative estimate of drug-likeness (QED) is 0.456. The van der Waals surface area contributed by atoms with Crippen molar-refractivity contribution in [1.82, 2.24) is 10.6 Å². The van der Waals surface area contributed by atoms with Crippen LogP contribution in [0.15, 0.2) is 35.3 Å². The first-order valence-corrected chi connectivity index (χ1v) is 7.29. The Hall–Kier alpha value is -2.04. The highest BCUT2D eigenvalue weighted by atomic mass is 16.5. The minimum Gasteiger partial charge on any atom is -0.463 e. The molecule has 1 aromatic rings. The summed E-state index contributed by atoms with van der Waals surface area (Å²) in [6, 6.07) is 10.3. The Bertz CT molecular complexity index is 444. The maximum Gasteiger partial charge on any atom is 0.307 e. The van der Waals surface area contributed by atoms with E-state index in [2.05, 4.69) is 27.8 Å². The summed E-state index contributed by atoms with van der Waals surface area (Å²) >= 11 is 0. The predicted molar refractivity (Wildman–Crippen MR) is 85.4 cm³/mol. The number of ether oxygens (including phenoxy) is 1. The molecule has 0 aliphatic carbocycles. The van der Waals surface area contributed by atoms with Crippen LogP contribution in [0.25, 0.3) is 0 Å². The van der Waals surface area contributed by atoms with E-state index in [9.17, 15) is 4.79 Å². The lowest BCUT2D eigenvalue weighted by molar-refractivity contribution is -0.147. The molecule has 1 aromatic carbocycles. The van der Waals surface area contributed by atoms with E-state index in [1.807, 2.05) is 32.0 Å². The Morgan fingerprint density at radius 1 is 1.19 bits per heavy atom. The van der Waals surface area contributed by atoms with Gasteiger partial charge in [0.05, 0.1) is 12.5 Å². The molecule has 1 rings (SSSR count). The molecular weight excluding hydrogens is 266 g/mol. The van der Waals surface area contributed by atoms with E-state index in [1.165, 1.54) is 5.56 Å². The van der Waals surface area contributed by atoms with Crippen LogP contribution in [-0.4, -0.2) is 38.2 Å². The Labute approximate surface area is 126 Å². The Morgan fingerprint density at radius 2 is 1.86 bits per heavy atom. The molecule has 0 saturated heterocycles. The zero-order chi connectivity index (χ0) is 15.5. The molecule has 0 unspecified atom stereocenters. The molecule has 0 amide bonds. The molecule has 0 aliphatic heterocycles. The molecule has 0 fully saturated rings. The van der Waals surface area contributed by atoms with Crippen molar-refractivity contribution in [2.75, 3.05) is 20.1 Å². The molecule has 5 heteroatoms. The summed E-state index contributed by atoms with van der Waals surface area (Å²) in [5.41, 5.74) is 1.28. The maximum absolute atomic E-state index is 11.4. The predicted octanol–water partition coefficient (Wildman–Crippen LogP) is 1.74. The van der Waals surface area contributed by atoms with Crippen LogP contribution in [0, 0.1) is 0 Å². The van der Waals surface area contributed by atoms with Gasteiger partial charge in [0, 0.05) is 20.1 Å². The third-order valence-electron chi connectivity index (χ3n) is 2.76. The van der Waals surface area contributed by atoms with Gasteiger partial charge in [-0.05, 0) is 25.8 Å². The number of nitrogens with zero attached hydrogens (tertiary/aromatic N) is 1. The van der Waals surface area contributed by atoms with E-state index in [4.69, 9.17) is 4.74 Å². The van der Waals surface area contributed by atoms with Crippen LogP contribution in [0.2, 0.25) is 0 Å². The molecule has 2 N–H and O–H groups in total. The van der Waals surface area contributed by atoms with Crippen molar-refractivity contribution in [3.8, 4) is 0 Å². The molecule has 21 heavy (non-hydrogen) atoms. The van der Waals surface area contributed by atoms with Crippen LogP contribution in [0.1, 0.15) is 25.8 Å². The number of esters is 1. The van der Waals surface area contributed by atoms with Crippen molar-refractivity contribution in [3.05, 3.63) is 35.9 Å². The van der Waals surface area contributed by atoms with Crippen molar-refractivity contribution in [3.63, 3.8) is 0 Å². The van der Waals surface area contributed by atoms with Gasteiger partial charge in [0.15, 0.2) is 5.96 Å². The fraction of sp³-hybridized carbons (Fsp3) is 0.500. The summed E-state index contributed by atoms with van der Waals surface area (Å²) < 4.78 is 5.07. The number of hydrogen-bond donors (Lipinski definition) is 2. The molecule has 5 nitrogen and oxygen atoms in total. The van der Waals surface area contributed by atoms with Gasteiger partial charge in [0.25, 0.3) is 0 Å². The summed E-state index contributed by atoms with van der Waals surface area (Å²) in [5.74, 6) is 0.500. The standard InChI is InChI=1S/C16H25N3O2/c1-13(2)21-15(20)10-12-19-16(17-3)18-11-9-14-7-5-4-6-8-14/h4-8,13H,9-12H2,1-3H3,(H2,17,18,19). The van der Waals surface area contributed by atoms with E-state index >= 15 is 0 Å². The third-order valence-corrected chi connectivity index (χ3v) is 2.76. The molecule has 116 valence electrons. The molecule has 0 bridgehead atoms. The van der Waals surface area contributed by atoms with Crippen LogP contribution in [0.5, 0.6) is 0 Å². The average Bonchev–Trinajstić information content (AvgIpc) is 2.46. The zero-order valence-electron chi connectivity index (χ0n) is 13.1. The highest BCUT2D eigenvalue weighted by Gasteiger charge is 2.05. The molecule has 0 aromatic heterocycles. The monoisotopic (exact) mass is 291 g/mol. The van der Waals surface area contributed by atoms with Crippen molar-refractivity contribution < 1.29 is 9.53 Å². The van der Waals surface area contributed by atoms with E-state index in [1.54, 1.807) is 7.05 Å². The number of guanidine groups is 1. The van der Waals surface area contributed by atoms with Gasteiger partial charge < -0.3 is 15.4 Å². The van der Waals surface area contributed by atoms with Gasteiger partial charge >= 0.3 is 5.97 Å². The molecule has 0 aliphatic rings. The number of aliphatic imine (C=N–C) groups is 1. The molecule has 0 heterocycles. The van der Waals surface area contributed by atoms with E-state index < -0.39 is 0 Å². The van der Waals surface area contributed by atoms with Gasteiger partial charge in [-0.25, -0.2) is 0 Å². The van der Waals surface area contributed by atoms with Crippen molar-refractivity contribution >= 4 is 11.9 Å². The molecular formula is C16H25N3O2. The largest absolute Gasteiger partial charge is 0.463 e. The van der Waals surface area contributed by atoms with Gasteiger partial charge in [-0.3, -0.25) is 9.79 Å². The summed E-state index contributed by atoms with van der Waals surface area (Å²) in [5, 5.41) is 6.32.